The zero-order chi connectivity index (χ0) is 18.0. The number of hydrogen-bond acceptors (Lipinski definition) is 4. The number of methoxy groups -OCH3 is 1. The van der Waals surface area contributed by atoms with Gasteiger partial charge in [0.25, 0.3) is 5.91 Å². The van der Waals surface area contributed by atoms with Crippen molar-refractivity contribution in [2.24, 2.45) is 11.8 Å². The van der Waals surface area contributed by atoms with Crippen LogP contribution >= 0.6 is 0 Å². The first-order valence-electron chi connectivity index (χ1n) is 8.87. The van der Waals surface area contributed by atoms with E-state index in [2.05, 4.69) is 15.0 Å². The average molecular weight is 348 g/mol. The molecule has 0 spiro atoms. The van der Waals surface area contributed by atoms with E-state index in [4.69, 9.17) is 0 Å². The summed E-state index contributed by atoms with van der Waals surface area (Å²) in [5.41, 5.74) is 2.03. The number of amides is 1. The molecule has 0 saturated heterocycles. The van der Waals surface area contributed by atoms with Gasteiger partial charge in [-0.15, -0.1) is 0 Å². The zero-order valence-electron chi connectivity index (χ0n) is 14.8. The van der Waals surface area contributed by atoms with Gasteiger partial charge in [-0.1, -0.05) is 13.3 Å². The second-order valence-electron chi connectivity index (χ2n) is 7.20. The smallest absolute Gasteiger partial charge is 0.310 e. The summed E-state index contributed by atoms with van der Waals surface area (Å²) in [5.74, 6) is -1.10. The largest absolute Gasteiger partial charge is 0.469 e. The molecule has 1 saturated carbocycles. The van der Waals surface area contributed by atoms with Crippen LogP contribution in [0.15, 0.2) is 12.1 Å². The number of halogens is 1. The summed E-state index contributed by atoms with van der Waals surface area (Å²) >= 11 is 0. The van der Waals surface area contributed by atoms with Crippen LogP contribution in [0.5, 0.6) is 0 Å². The number of benzene rings is 1. The number of hydrogen-bond donors (Lipinski definition) is 1. The maximum absolute atomic E-state index is 14.3. The Morgan fingerprint density at radius 1 is 1.32 bits per heavy atom. The van der Waals surface area contributed by atoms with E-state index in [1.54, 1.807) is 13.0 Å². The first-order chi connectivity index (χ1) is 12.0. The van der Waals surface area contributed by atoms with E-state index in [1.807, 2.05) is 0 Å². The van der Waals surface area contributed by atoms with Crippen molar-refractivity contribution in [1.82, 2.24) is 10.2 Å². The Labute approximate surface area is 147 Å². The van der Waals surface area contributed by atoms with E-state index in [0.29, 0.717) is 0 Å². The molecule has 1 aliphatic carbocycles. The van der Waals surface area contributed by atoms with Crippen LogP contribution in [0.3, 0.4) is 0 Å². The molecule has 0 bridgehead atoms. The molecular weight excluding hydrogens is 323 g/mol. The maximum Gasteiger partial charge on any atom is 0.310 e. The molecule has 1 fully saturated rings. The number of ether oxygens (including phenoxy) is 1. The van der Waals surface area contributed by atoms with Crippen molar-refractivity contribution >= 4 is 11.9 Å². The summed E-state index contributed by atoms with van der Waals surface area (Å²) in [6, 6.07) is 3.14. The number of nitrogens with zero attached hydrogens (tertiary/aromatic N) is 1. The lowest BCUT2D eigenvalue weighted by atomic mass is 9.85. The first kappa shape index (κ1) is 17.9. The third-order valence-corrected chi connectivity index (χ3v) is 5.24. The molecule has 3 rings (SSSR count). The van der Waals surface area contributed by atoms with E-state index in [9.17, 15) is 14.0 Å². The van der Waals surface area contributed by atoms with E-state index >= 15 is 0 Å². The van der Waals surface area contributed by atoms with Crippen LogP contribution in [0.25, 0.3) is 0 Å². The highest BCUT2D eigenvalue weighted by molar-refractivity contribution is 5.95. The Bertz CT molecular complexity index is 673. The van der Waals surface area contributed by atoms with Crippen LogP contribution in [0, 0.1) is 17.7 Å². The Hall–Kier alpha value is -1.95. The second-order valence-corrected chi connectivity index (χ2v) is 7.20. The minimum Gasteiger partial charge on any atom is -0.469 e. The lowest BCUT2D eigenvalue weighted by Crippen LogP contribution is -2.32. The Balaban J connectivity index is 1.62. The topological polar surface area (TPSA) is 58.6 Å². The van der Waals surface area contributed by atoms with Crippen molar-refractivity contribution in [3.8, 4) is 0 Å². The van der Waals surface area contributed by atoms with Crippen LogP contribution in [0.4, 0.5) is 4.39 Å². The molecule has 1 aromatic carbocycles. The fraction of sp³-hybridized carbons (Fsp3) is 0.579. The van der Waals surface area contributed by atoms with Crippen molar-refractivity contribution in [1.29, 1.82) is 0 Å². The molecule has 1 aromatic rings. The molecule has 5 nitrogen and oxygen atoms in total. The van der Waals surface area contributed by atoms with Crippen molar-refractivity contribution in [3.63, 3.8) is 0 Å². The standard InChI is InChI=1S/C19H25FN2O3/c1-12(19(24)25-2)8-21-18(23)16-6-14-10-22(9-13-4-3-5-13)11-15(14)7-17(16)20/h6-7,12-13H,3-5,8-11H2,1-2H3,(H,21,23). The molecule has 1 aliphatic heterocycles. The maximum atomic E-state index is 14.3. The van der Waals surface area contributed by atoms with Gasteiger partial charge in [0.05, 0.1) is 18.6 Å². The minimum atomic E-state index is -0.507. The summed E-state index contributed by atoms with van der Waals surface area (Å²) in [4.78, 5) is 26.0. The van der Waals surface area contributed by atoms with Gasteiger partial charge >= 0.3 is 5.97 Å². The lowest BCUT2D eigenvalue weighted by Gasteiger charge is -2.29. The van der Waals surface area contributed by atoms with Gasteiger partial charge < -0.3 is 10.1 Å². The molecule has 0 radical (unpaired) electrons. The highest BCUT2D eigenvalue weighted by Crippen LogP contribution is 2.31. The minimum absolute atomic E-state index is 0.0429. The number of fused-ring (bicyclic) bond motifs is 1. The van der Waals surface area contributed by atoms with Crippen LogP contribution < -0.4 is 5.32 Å². The molecular formula is C19H25FN2O3. The number of carbonyl (C=O) groups is 2. The Morgan fingerprint density at radius 2 is 2.00 bits per heavy atom. The summed E-state index contributed by atoms with van der Waals surface area (Å²) in [7, 11) is 1.30. The molecule has 1 atom stereocenters. The van der Waals surface area contributed by atoms with E-state index in [1.165, 1.54) is 32.4 Å². The van der Waals surface area contributed by atoms with Crippen LogP contribution in [0.2, 0.25) is 0 Å². The van der Waals surface area contributed by atoms with Crippen molar-refractivity contribution in [3.05, 3.63) is 34.6 Å². The molecule has 1 N–H and O–H groups in total. The normalized spacial score (nSPS) is 18.4. The van der Waals surface area contributed by atoms with Gasteiger partial charge in [0.2, 0.25) is 0 Å². The van der Waals surface area contributed by atoms with Gasteiger partial charge in [-0.05, 0) is 42.0 Å². The monoisotopic (exact) mass is 348 g/mol. The lowest BCUT2D eigenvalue weighted by molar-refractivity contribution is -0.144. The highest BCUT2D eigenvalue weighted by Gasteiger charge is 2.27. The van der Waals surface area contributed by atoms with Gasteiger partial charge in [-0.3, -0.25) is 14.5 Å². The van der Waals surface area contributed by atoms with Gasteiger partial charge in [0.1, 0.15) is 5.82 Å². The summed E-state index contributed by atoms with van der Waals surface area (Å²) < 4.78 is 19.0. The van der Waals surface area contributed by atoms with E-state index in [0.717, 1.165) is 36.7 Å². The predicted molar refractivity (Wildman–Crippen MR) is 91.4 cm³/mol. The molecule has 136 valence electrons. The number of esters is 1. The quantitative estimate of drug-likeness (QED) is 0.803. The number of nitrogens with one attached hydrogen (secondary N) is 1. The van der Waals surface area contributed by atoms with Gasteiger partial charge in [0, 0.05) is 26.2 Å². The predicted octanol–water partition coefficient (Wildman–Crippen LogP) is 2.48. The second kappa shape index (κ2) is 7.52. The Morgan fingerprint density at radius 3 is 2.60 bits per heavy atom. The van der Waals surface area contributed by atoms with Crippen LogP contribution in [-0.4, -0.2) is 37.0 Å². The Kier molecular flexibility index (Phi) is 5.37. The van der Waals surface area contributed by atoms with Crippen LogP contribution in [-0.2, 0) is 22.6 Å². The van der Waals surface area contributed by atoms with Crippen molar-refractivity contribution in [2.45, 2.75) is 39.3 Å². The average Bonchev–Trinajstić information content (AvgIpc) is 2.95. The molecule has 1 unspecified atom stereocenters. The van der Waals surface area contributed by atoms with E-state index < -0.39 is 23.6 Å². The molecule has 2 aliphatic rings. The van der Waals surface area contributed by atoms with Gasteiger partial charge in [-0.25, -0.2) is 4.39 Å². The summed E-state index contributed by atoms with van der Waals surface area (Å²) in [5, 5.41) is 2.61. The van der Waals surface area contributed by atoms with E-state index in [-0.39, 0.29) is 12.1 Å². The van der Waals surface area contributed by atoms with Gasteiger partial charge in [-0.2, -0.15) is 0 Å². The molecule has 6 heteroatoms. The fourth-order valence-corrected chi connectivity index (χ4v) is 3.46. The third-order valence-electron chi connectivity index (χ3n) is 5.24. The SMILES string of the molecule is COC(=O)C(C)CNC(=O)c1cc2c(cc1F)CN(CC1CCC1)C2. The first-order valence-corrected chi connectivity index (χ1v) is 8.87. The summed E-state index contributed by atoms with van der Waals surface area (Å²) in [6.07, 6.45) is 3.88. The molecule has 25 heavy (non-hydrogen) atoms. The zero-order valence-corrected chi connectivity index (χ0v) is 14.8. The van der Waals surface area contributed by atoms with Crippen molar-refractivity contribution in [2.75, 3.05) is 20.2 Å². The fourth-order valence-electron chi connectivity index (χ4n) is 3.46. The van der Waals surface area contributed by atoms with Crippen molar-refractivity contribution < 1.29 is 18.7 Å². The van der Waals surface area contributed by atoms with Gasteiger partial charge in [0.15, 0.2) is 0 Å². The van der Waals surface area contributed by atoms with Crippen LogP contribution in [0.1, 0.15) is 47.7 Å². The summed E-state index contributed by atoms with van der Waals surface area (Å²) in [6.45, 7) is 4.35. The number of carbonyl (C=O) groups excluding carboxylic acids is 2. The highest BCUT2D eigenvalue weighted by atomic mass is 19.1. The number of rotatable bonds is 6. The molecule has 0 aromatic heterocycles. The third kappa shape index (κ3) is 4.00. The molecule has 1 heterocycles. The molecule has 1 amide bonds.